The second-order valence-corrected chi connectivity index (χ2v) is 32.6. The molecule has 2 heterocycles. The molecule has 0 amide bonds. The smallest absolute Gasteiger partial charge is 0.366 e. The first-order valence-corrected chi connectivity index (χ1v) is 33.0. The molecule has 6 heteroatoms. The van der Waals surface area contributed by atoms with Gasteiger partial charge < -0.3 is 12.8 Å². The van der Waals surface area contributed by atoms with Crippen LogP contribution in [0.1, 0.15) is 11.1 Å². The van der Waals surface area contributed by atoms with Crippen LogP contribution in [0.4, 0.5) is 0 Å². The van der Waals surface area contributed by atoms with Gasteiger partial charge in [-0.2, -0.15) is 0 Å². The van der Waals surface area contributed by atoms with Gasteiger partial charge in [-0.05, 0) is 114 Å². The third-order valence-corrected chi connectivity index (χ3v) is 27.1. The molecule has 2 aliphatic rings. The van der Waals surface area contributed by atoms with Crippen molar-refractivity contribution in [1.82, 2.24) is 0 Å². The van der Waals surface area contributed by atoms with Crippen LogP contribution in [0.25, 0.3) is 33.0 Å². The monoisotopic (exact) mass is 1360 g/mol. The Bertz CT molecular complexity index is 3270. The molecule has 0 radical (unpaired) electrons. The summed E-state index contributed by atoms with van der Waals surface area (Å²) in [6, 6.07) is 88.3. The summed E-state index contributed by atoms with van der Waals surface area (Å²) in [5.74, 6) is 4.96. The largest absolute Gasteiger partial charge is 1.00 e. The molecule has 12 rings (SSSR count). The van der Waals surface area contributed by atoms with Gasteiger partial charge in [-0.25, -0.2) is 0 Å². The molecular weight excluding hydrogens is 1300 g/mol. The van der Waals surface area contributed by atoms with Gasteiger partial charge in [-0.15, -0.1) is 35.4 Å². The minimum absolute atomic E-state index is 0. The second-order valence-electron chi connectivity index (χ2n) is 19.1. The maximum absolute atomic E-state index is 7.25. The average Bonchev–Trinajstić information content (AvgIpc) is 3.79. The summed E-state index contributed by atoms with van der Waals surface area (Å²) in [5, 5.41) is 17.3. The predicted molar refractivity (Wildman–Crippen MR) is 314 cm³/mol. The SMILES string of the molecule is [Au+].[Au+].[C-]#Cc1ccc2c(c1)-c1ccccc1[Si]2(C)C.[C-]#Cc1ccc2c(c1)-c1ccccc1[Si]2(C)C.c1ccc([PH+](c2ccccc2)c2cc3ccccc3cc2[PH+](c2ccccc2)c2ccccc2)cc1. The normalized spacial score (nSPS) is 12.7. The van der Waals surface area contributed by atoms with Crippen molar-refractivity contribution in [2.75, 3.05) is 0 Å². The Morgan fingerprint density at radius 1 is 0.306 bits per heavy atom. The van der Waals surface area contributed by atoms with Crippen molar-refractivity contribution >= 4 is 95.3 Å². The molecule has 0 aliphatic carbocycles. The Hall–Kier alpha value is -5.65. The molecular formula is C66H54Au2P2Si2+2. The minimum Gasteiger partial charge on any atom is -0.366 e. The molecule has 0 unspecified atom stereocenters. The van der Waals surface area contributed by atoms with Crippen molar-refractivity contribution in [3.8, 4) is 34.1 Å². The van der Waals surface area contributed by atoms with Crippen molar-refractivity contribution in [3.63, 3.8) is 0 Å². The van der Waals surface area contributed by atoms with Crippen LogP contribution in [-0.2, 0) is 44.8 Å². The summed E-state index contributed by atoms with van der Waals surface area (Å²) in [5.41, 5.74) is 7.08. The quantitative estimate of drug-likeness (QED) is 0.0674. The molecule has 0 nitrogen and oxygen atoms in total. The van der Waals surface area contributed by atoms with E-state index in [1.54, 1.807) is 0 Å². The Morgan fingerprint density at radius 3 is 0.903 bits per heavy atom. The van der Waals surface area contributed by atoms with Crippen LogP contribution >= 0.6 is 15.8 Å². The fourth-order valence-corrected chi connectivity index (χ4v) is 22.8. The van der Waals surface area contributed by atoms with E-state index >= 15 is 0 Å². The summed E-state index contributed by atoms with van der Waals surface area (Å²) in [6.45, 7) is 9.58. The molecule has 2 aliphatic heterocycles. The number of hydrogen-bond donors (Lipinski definition) is 0. The third-order valence-electron chi connectivity index (χ3n) is 14.1. The molecule has 10 aromatic carbocycles. The fourth-order valence-electron chi connectivity index (χ4n) is 10.6. The molecule has 72 heavy (non-hydrogen) atoms. The minimum atomic E-state index is -1.51. The van der Waals surface area contributed by atoms with E-state index in [-0.39, 0.29) is 44.8 Å². The van der Waals surface area contributed by atoms with Crippen molar-refractivity contribution in [2.24, 2.45) is 0 Å². The van der Waals surface area contributed by atoms with Crippen LogP contribution in [0.2, 0.25) is 26.2 Å². The molecule has 0 atom stereocenters. The predicted octanol–water partition coefficient (Wildman–Crippen LogP) is 10.7. The van der Waals surface area contributed by atoms with Crippen LogP contribution in [0, 0.1) is 24.7 Å². The molecule has 0 saturated heterocycles. The van der Waals surface area contributed by atoms with E-state index in [9.17, 15) is 0 Å². The standard InChI is InChI=1S/C34H26P2.2C16H13Si.2Au/c1-5-17-29(18-6-1)35(30-19-7-2-8-20-30)33-25-27-15-13-14-16-28(27)26-34(33)36(31-21-9-3-10-22-31)32-23-11-4-12-24-32;2*1-4-12-9-10-16-14(11-12)13-7-5-6-8-15(13)17(16,2)3;;/h1-26H;2*5-11H,2-3H3;;/q;2*-1;2*+1/p+2. The molecule has 0 bridgehead atoms. The van der Waals surface area contributed by atoms with Crippen LogP contribution in [-0.4, -0.2) is 16.1 Å². The maximum atomic E-state index is 7.25. The summed E-state index contributed by atoms with van der Waals surface area (Å²) in [7, 11) is -5.47. The zero-order valence-electron chi connectivity index (χ0n) is 40.7. The average molecular weight is 1360 g/mol. The van der Waals surface area contributed by atoms with Gasteiger partial charge in [0.2, 0.25) is 0 Å². The van der Waals surface area contributed by atoms with E-state index in [1.807, 2.05) is 12.1 Å². The Labute approximate surface area is 463 Å². The van der Waals surface area contributed by atoms with E-state index in [0.29, 0.717) is 0 Å². The summed E-state index contributed by atoms with van der Waals surface area (Å²) in [6.07, 6.45) is 14.5. The Balaban J connectivity index is 0.000000161. The molecule has 0 spiro atoms. The fraction of sp³-hybridized carbons (Fsp3) is 0.0606. The molecule has 0 aromatic heterocycles. The van der Waals surface area contributed by atoms with Crippen LogP contribution in [0.5, 0.6) is 0 Å². The first-order valence-electron chi connectivity index (χ1n) is 24.0. The van der Waals surface area contributed by atoms with Crippen LogP contribution in [0.3, 0.4) is 0 Å². The molecule has 0 saturated carbocycles. The van der Waals surface area contributed by atoms with Crippen molar-refractivity contribution in [3.05, 3.63) is 267 Å². The molecule has 0 fully saturated rings. The number of hydrogen-bond acceptors (Lipinski definition) is 0. The van der Waals surface area contributed by atoms with Gasteiger partial charge in [-0.1, -0.05) is 184 Å². The first-order chi connectivity index (χ1) is 34.2. The summed E-state index contributed by atoms with van der Waals surface area (Å²) < 4.78 is 0. The van der Waals surface area contributed by atoms with E-state index in [0.717, 1.165) is 11.1 Å². The zero-order chi connectivity index (χ0) is 48.2. The van der Waals surface area contributed by atoms with E-state index < -0.39 is 32.0 Å². The molecule has 356 valence electrons. The van der Waals surface area contributed by atoms with Crippen molar-refractivity contribution in [2.45, 2.75) is 26.2 Å². The first kappa shape index (κ1) is 52.7. The van der Waals surface area contributed by atoms with Crippen LogP contribution < -0.4 is 52.6 Å². The van der Waals surface area contributed by atoms with Gasteiger partial charge in [0.05, 0.1) is 0 Å². The van der Waals surface area contributed by atoms with E-state index in [4.69, 9.17) is 12.8 Å². The van der Waals surface area contributed by atoms with Gasteiger partial charge in [0.15, 0.2) is 0 Å². The number of fused-ring (bicyclic) bond motifs is 7. The Morgan fingerprint density at radius 2 is 0.583 bits per heavy atom. The van der Waals surface area contributed by atoms with Gasteiger partial charge >= 0.3 is 44.8 Å². The maximum Gasteiger partial charge on any atom is 1.00 e. The van der Waals surface area contributed by atoms with Gasteiger partial charge in [0, 0.05) is 0 Å². The molecule has 0 N–H and O–H groups in total. The van der Waals surface area contributed by atoms with E-state index in [2.05, 4.69) is 269 Å². The second kappa shape index (κ2) is 23.1. The summed E-state index contributed by atoms with van der Waals surface area (Å²) >= 11 is 0. The topological polar surface area (TPSA) is 0 Å². The van der Waals surface area contributed by atoms with Crippen molar-refractivity contribution in [1.29, 1.82) is 0 Å². The van der Waals surface area contributed by atoms with Crippen LogP contribution in [0.15, 0.2) is 243 Å². The third kappa shape index (κ3) is 10.4. The van der Waals surface area contributed by atoms with Gasteiger partial charge in [-0.3, -0.25) is 11.8 Å². The number of benzene rings is 10. The number of rotatable bonds is 6. The van der Waals surface area contributed by atoms with E-state index in [1.165, 1.54) is 85.6 Å². The zero-order valence-corrected chi connectivity index (χ0v) is 49.0. The Kier molecular flexibility index (Phi) is 16.9. The van der Waals surface area contributed by atoms with Crippen molar-refractivity contribution < 1.29 is 44.8 Å². The molecule has 10 aromatic rings. The van der Waals surface area contributed by atoms with Gasteiger partial charge in [0.1, 0.15) is 63.8 Å². The van der Waals surface area contributed by atoms with Gasteiger partial charge in [0.25, 0.3) is 0 Å². The summed E-state index contributed by atoms with van der Waals surface area (Å²) in [4.78, 5) is 0.